The van der Waals surface area contributed by atoms with Crippen molar-refractivity contribution in [2.75, 3.05) is 32.7 Å². The quantitative estimate of drug-likeness (QED) is 0.815. The predicted octanol–water partition coefficient (Wildman–Crippen LogP) is 0.321. The van der Waals surface area contributed by atoms with Gasteiger partial charge >= 0.3 is 0 Å². The molecule has 24 heavy (non-hydrogen) atoms. The lowest BCUT2D eigenvalue weighted by Crippen LogP contribution is -2.50. The van der Waals surface area contributed by atoms with Gasteiger partial charge in [-0.2, -0.15) is 0 Å². The normalized spacial score (nSPS) is 25.8. The Bertz CT molecular complexity index is 586. The molecule has 132 valence electrons. The molecule has 2 N–H and O–H groups in total. The minimum absolute atomic E-state index is 0.0140. The van der Waals surface area contributed by atoms with E-state index < -0.39 is 5.60 Å². The molecule has 2 aliphatic rings. The number of hydrogen-bond donors (Lipinski definition) is 2. The zero-order valence-electron chi connectivity index (χ0n) is 13.9. The van der Waals surface area contributed by atoms with Gasteiger partial charge in [0.2, 0.25) is 5.91 Å². The Hall–Kier alpha value is -1.51. The molecule has 3 rings (SSSR count). The first kappa shape index (κ1) is 17.3. The maximum absolute atomic E-state index is 12.4. The topological polar surface area (TPSA) is 85.8 Å². The number of aliphatic hydroxyl groups is 1. The molecule has 1 aromatic rings. The average molecular weight is 352 g/mol. The second-order valence-electron chi connectivity index (χ2n) is 6.82. The Morgan fingerprint density at radius 3 is 2.79 bits per heavy atom. The van der Waals surface area contributed by atoms with Crippen LogP contribution in [-0.2, 0) is 4.79 Å². The van der Waals surface area contributed by atoms with Crippen molar-refractivity contribution in [3.05, 3.63) is 16.6 Å². The number of β-amino-alcohol motifs (C(OH)–C–C–N with tert-alkyl or cyclic N) is 1. The Morgan fingerprint density at radius 2 is 2.17 bits per heavy atom. The van der Waals surface area contributed by atoms with Gasteiger partial charge in [0.1, 0.15) is 4.88 Å². The molecule has 2 amide bonds. The molecular weight excluding hydrogens is 328 g/mol. The van der Waals surface area contributed by atoms with E-state index in [1.807, 2.05) is 0 Å². The van der Waals surface area contributed by atoms with Gasteiger partial charge in [0.25, 0.3) is 5.91 Å². The number of nitrogens with one attached hydrogen (secondary N) is 1. The van der Waals surface area contributed by atoms with Crippen LogP contribution in [0.25, 0.3) is 0 Å². The van der Waals surface area contributed by atoms with Crippen molar-refractivity contribution in [2.24, 2.45) is 0 Å². The molecule has 2 fully saturated rings. The van der Waals surface area contributed by atoms with Crippen LogP contribution in [0.4, 0.5) is 0 Å². The minimum atomic E-state index is -0.846. The van der Waals surface area contributed by atoms with Gasteiger partial charge in [-0.05, 0) is 19.3 Å². The SMILES string of the molecule is CC(=O)NC1CCN(CC2(O)CCN(C(=O)c3cncs3)C2)CC1. The summed E-state index contributed by atoms with van der Waals surface area (Å²) in [7, 11) is 0. The summed E-state index contributed by atoms with van der Waals surface area (Å²) in [5, 5.41) is 13.8. The summed E-state index contributed by atoms with van der Waals surface area (Å²) in [5.41, 5.74) is 0.802. The van der Waals surface area contributed by atoms with Crippen molar-refractivity contribution in [3.8, 4) is 0 Å². The summed E-state index contributed by atoms with van der Waals surface area (Å²) in [5.74, 6) is -0.0297. The largest absolute Gasteiger partial charge is 0.387 e. The fourth-order valence-electron chi connectivity index (χ4n) is 3.58. The number of nitrogens with zero attached hydrogens (tertiary/aromatic N) is 3. The molecule has 0 aliphatic carbocycles. The summed E-state index contributed by atoms with van der Waals surface area (Å²) in [6.45, 7) is 4.78. The lowest BCUT2D eigenvalue weighted by Gasteiger charge is -2.36. The average Bonchev–Trinajstić information content (AvgIpc) is 3.18. The number of piperidine rings is 1. The van der Waals surface area contributed by atoms with Crippen LogP contribution in [0.3, 0.4) is 0 Å². The van der Waals surface area contributed by atoms with Crippen molar-refractivity contribution in [1.29, 1.82) is 0 Å². The van der Waals surface area contributed by atoms with Crippen LogP contribution in [0.2, 0.25) is 0 Å². The van der Waals surface area contributed by atoms with Gasteiger partial charge in [-0.25, -0.2) is 0 Å². The molecule has 0 spiro atoms. The monoisotopic (exact) mass is 352 g/mol. The molecule has 7 nitrogen and oxygen atoms in total. The summed E-state index contributed by atoms with van der Waals surface area (Å²) >= 11 is 1.33. The van der Waals surface area contributed by atoms with Crippen molar-refractivity contribution >= 4 is 23.2 Å². The third-order valence-electron chi connectivity index (χ3n) is 4.78. The van der Waals surface area contributed by atoms with E-state index in [0.29, 0.717) is 30.9 Å². The zero-order valence-corrected chi connectivity index (χ0v) is 14.7. The number of amides is 2. The maximum atomic E-state index is 12.4. The second kappa shape index (κ2) is 7.16. The third-order valence-corrected chi connectivity index (χ3v) is 5.54. The standard InChI is InChI=1S/C16H24N4O3S/c1-12(21)18-13-2-5-19(6-3-13)9-16(23)4-7-20(10-16)15(22)14-8-17-11-24-14/h8,11,13,23H,2-7,9-10H2,1H3,(H,18,21). The fourth-order valence-corrected chi connectivity index (χ4v) is 4.16. The fraction of sp³-hybridized carbons (Fsp3) is 0.688. The number of carbonyl (C=O) groups excluding carboxylic acids is 2. The minimum Gasteiger partial charge on any atom is -0.387 e. The first-order valence-corrected chi connectivity index (χ1v) is 9.23. The first-order valence-electron chi connectivity index (χ1n) is 8.35. The molecule has 3 heterocycles. The van der Waals surface area contributed by atoms with Crippen LogP contribution < -0.4 is 5.32 Å². The molecule has 1 atom stereocenters. The molecule has 1 aromatic heterocycles. The lowest BCUT2D eigenvalue weighted by atomic mass is 9.99. The highest BCUT2D eigenvalue weighted by molar-refractivity contribution is 7.11. The molecule has 0 radical (unpaired) electrons. The number of carbonyl (C=O) groups is 2. The summed E-state index contributed by atoms with van der Waals surface area (Å²) in [6.07, 6.45) is 3.98. The van der Waals surface area contributed by atoms with E-state index >= 15 is 0 Å². The first-order chi connectivity index (χ1) is 11.5. The molecule has 2 saturated heterocycles. The molecule has 0 aromatic carbocycles. The van der Waals surface area contributed by atoms with Gasteiger partial charge in [-0.1, -0.05) is 0 Å². The highest BCUT2D eigenvalue weighted by Crippen LogP contribution is 2.26. The highest BCUT2D eigenvalue weighted by Gasteiger charge is 2.40. The Balaban J connectivity index is 1.49. The molecule has 8 heteroatoms. The van der Waals surface area contributed by atoms with E-state index in [0.717, 1.165) is 25.9 Å². The Labute approximate surface area is 145 Å². The van der Waals surface area contributed by atoms with Crippen molar-refractivity contribution < 1.29 is 14.7 Å². The Morgan fingerprint density at radius 1 is 1.42 bits per heavy atom. The van der Waals surface area contributed by atoms with E-state index in [9.17, 15) is 14.7 Å². The van der Waals surface area contributed by atoms with Gasteiger partial charge in [0, 0.05) is 39.1 Å². The predicted molar refractivity (Wildman–Crippen MR) is 90.9 cm³/mol. The van der Waals surface area contributed by atoms with Gasteiger partial charge in [0.05, 0.1) is 23.9 Å². The molecule has 0 bridgehead atoms. The molecule has 1 unspecified atom stereocenters. The zero-order chi connectivity index (χ0) is 17.2. The number of likely N-dealkylation sites (tertiary alicyclic amines) is 2. The van der Waals surface area contributed by atoms with E-state index in [2.05, 4.69) is 15.2 Å². The second-order valence-corrected chi connectivity index (χ2v) is 7.70. The number of hydrogen-bond acceptors (Lipinski definition) is 6. The van der Waals surface area contributed by atoms with Crippen LogP contribution >= 0.6 is 11.3 Å². The Kier molecular flexibility index (Phi) is 5.17. The van der Waals surface area contributed by atoms with Gasteiger partial charge in [-0.15, -0.1) is 11.3 Å². The van der Waals surface area contributed by atoms with Crippen LogP contribution in [0.1, 0.15) is 35.9 Å². The van der Waals surface area contributed by atoms with Gasteiger partial charge < -0.3 is 20.2 Å². The van der Waals surface area contributed by atoms with Crippen molar-refractivity contribution in [1.82, 2.24) is 20.1 Å². The summed E-state index contributed by atoms with van der Waals surface area (Å²) in [6, 6.07) is 0.237. The smallest absolute Gasteiger partial charge is 0.265 e. The van der Waals surface area contributed by atoms with Crippen molar-refractivity contribution in [3.63, 3.8) is 0 Å². The van der Waals surface area contributed by atoms with Crippen LogP contribution in [0.15, 0.2) is 11.7 Å². The molecular formula is C16H24N4O3S. The van der Waals surface area contributed by atoms with Crippen molar-refractivity contribution in [2.45, 2.75) is 37.8 Å². The lowest BCUT2D eigenvalue weighted by molar-refractivity contribution is -0.120. The van der Waals surface area contributed by atoms with E-state index in [1.54, 1.807) is 23.5 Å². The number of thiazole rings is 1. The maximum Gasteiger partial charge on any atom is 0.265 e. The molecule has 2 aliphatic heterocycles. The third kappa shape index (κ3) is 4.12. The summed E-state index contributed by atoms with van der Waals surface area (Å²) in [4.78, 5) is 32.0. The summed E-state index contributed by atoms with van der Waals surface area (Å²) < 4.78 is 0. The van der Waals surface area contributed by atoms with E-state index in [-0.39, 0.29) is 17.9 Å². The highest BCUT2D eigenvalue weighted by atomic mass is 32.1. The van der Waals surface area contributed by atoms with Gasteiger partial charge in [-0.3, -0.25) is 14.6 Å². The molecule has 0 saturated carbocycles. The van der Waals surface area contributed by atoms with E-state index in [1.165, 1.54) is 11.3 Å². The van der Waals surface area contributed by atoms with Crippen LogP contribution in [0, 0.1) is 0 Å². The number of rotatable bonds is 4. The van der Waals surface area contributed by atoms with E-state index in [4.69, 9.17) is 0 Å². The van der Waals surface area contributed by atoms with Crippen LogP contribution in [0.5, 0.6) is 0 Å². The number of aromatic nitrogens is 1. The van der Waals surface area contributed by atoms with Gasteiger partial charge in [0.15, 0.2) is 0 Å². The van der Waals surface area contributed by atoms with Crippen LogP contribution in [-0.4, -0.2) is 76.1 Å².